The van der Waals surface area contributed by atoms with Gasteiger partial charge >= 0.3 is 5.97 Å². The van der Waals surface area contributed by atoms with Crippen LogP contribution >= 0.6 is 0 Å². The molecule has 0 heterocycles. The van der Waals surface area contributed by atoms with Gasteiger partial charge in [-0.25, -0.2) is 21.6 Å². The first-order valence-electron chi connectivity index (χ1n) is 5.61. The Labute approximate surface area is 117 Å². The lowest BCUT2D eigenvalue weighted by Gasteiger charge is -2.08. The summed E-state index contributed by atoms with van der Waals surface area (Å²) in [4.78, 5) is 10.8. The lowest BCUT2D eigenvalue weighted by Crippen LogP contribution is -2.19. The van der Waals surface area contributed by atoms with E-state index in [1.165, 1.54) is 24.3 Å². The van der Waals surface area contributed by atoms with E-state index in [2.05, 4.69) is 4.72 Å². The van der Waals surface area contributed by atoms with Crippen molar-refractivity contribution in [3.05, 3.63) is 29.8 Å². The molecule has 0 aliphatic heterocycles. The van der Waals surface area contributed by atoms with E-state index in [0.717, 1.165) is 6.26 Å². The SMILES string of the molecule is CS(=O)(=O)CCCS(=O)(=O)Nc1cccc(C(=O)O)c1. The first-order valence-corrected chi connectivity index (χ1v) is 9.32. The van der Waals surface area contributed by atoms with E-state index in [1.54, 1.807) is 0 Å². The third-order valence-corrected chi connectivity index (χ3v) is 4.71. The number of benzene rings is 1. The van der Waals surface area contributed by atoms with Gasteiger partial charge in [-0.15, -0.1) is 0 Å². The van der Waals surface area contributed by atoms with Crippen molar-refractivity contribution in [2.45, 2.75) is 6.42 Å². The average molecular weight is 321 g/mol. The molecule has 0 amide bonds. The Balaban J connectivity index is 2.71. The number of anilines is 1. The minimum Gasteiger partial charge on any atom is -0.478 e. The third kappa shape index (κ3) is 6.02. The zero-order valence-corrected chi connectivity index (χ0v) is 12.4. The van der Waals surface area contributed by atoms with E-state index < -0.39 is 25.8 Å². The summed E-state index contributed by atoms with van der Waals surface area (Å²) in [6, 6.07) is 5.36. The monoisotopic (exact) mass is 321 g/mol. The fourth-order valence-electron chi connectivity index (χ4n) is 1.46. The van der Waals surface area contributed by atoms with Crippen LogP contribution in [-0.2, 0) is 19.9 Å². The summed E-state index contributed by atoms with van der Waals surface area (Å²) in [5.74, 6) is -1.73. The highest BCUT2D eigenvalue weighted by Crippen LogP contribution is 2.13. The van der Waals surface area contributed by atoms with Crippen molar-refractivity contribution >= 4 is 31.5 Å². The van der Waals surface area contributed by atoms with Crippen LogP contribution in [0.2, 0.25) is 0 Å². The van der Waals surface area contributed by atoms with E-state index in [0.29, 0.717) is 0 Å². The Bertz CT molecular complexity index is 693. The number of carbonyl (C=O) groups is 1. The smallest absolute Gasteiger partial charge is 0.335 e. The zero-order valence-electron chi connectivity index (χ0n) is 10.7. The van der Waals surface area contributed by atoms with Crippen LogP contribution in [0, 0.1) is 0 Å². The predicted octanol–water partition coefficient (Wildman–Crippen LogP) is 0.561. The molecule has 0 bridgehead atoms. The van der Waals surface area contributed by atoms with Crippen molar-refractivity contribution in [1.82, 2.24) is 0 Å². The lowest BCUT2D eigenvalue weighted by molar-refractivity contribution is 0.0697. The second-order valence-corrected chi connectivity index (χ2v) is 8.39. The highest BCUT2D eigenvalue weighted by atomic mass is 32.2. The number of hydrogen-bond acceptors (Lipinski definition) is 5. The first-order chi connectivity index (χ1) is 9.09. The molecule has 0 spiro atoms. The molecule has 0 aromatic heterocycles. The van der Waals surface area contributed by atoms with Gasteiger partial charge in [0.1, 0.15) is 9.84 Å². The van der Waals surface area contributed by atoms with Crippen molar-refractivity contribution in [2.24, 2.45) is 0 Å². The van der Waals surface area contributed by atoms with Crippen molar-refractivity contribution < 1.29 is 26.7 Å². The van der Waals surface area contributed by atoms with Crippen LogP contribution in [0.15, 0.2) is 24.3 Å². The molecule has 112 valence electrons. The van der Waals surface area contributed by atoms with Gasteiger partial charge in [-0.1, -0.05) is 6.07 Å². The van der Waals surface area contributed by atoms with Crippen molar-refractivity contribution in [3.63, 3.8) is 0 Å². The molecule has 1 rings (SSSR count). The summed E-state index contributed by atoms with van der Waals surface area (Å²) in [7, 11) is -6.91. The summed E-state index contributed by atoms with van der Waals surface area (Å²) in [5.41, 5.74) is 0.0885. The number of sulfone groups is 1. The topological polar surface area (TPSA) is 118 Å². The molecule has 0 aliphatic rings. The van der Waals surface area contributed by atoms with Gasteiger partial charge in [-0.2, -0.15) is 0 Å². The molecule has 20 heavy (non-hydrogen) atoms. The molecule has 0 atom stereocenters. The molecule has 1 aromatic rings. The fourth-order valence-corrected chi connectivity index (χ4v) is 3.42. The van der Waals surface area contributed by atoms with Gasteiger partial charge in [0.25, 0.3) is 0 Å². The van der Waals surface area contributed by atoms with Crippen LogP contribution < -0.4 is 4.72 Å². The maximum absolute atomic E-state index is 11.7. The lowest BCUT2D eigenvalue weighted by atomic mass is 10.2. The Hall–Kier alpha value is -1.61. The van der Waals surface area contributed by atoms with Crippen molar-refractivity contribution in [2.75, 3.05) is 22.5 Å². The number of aromatic carboxylic acids is 1. The molecule has 0 radical (unpaired) electrons. The van der Waals surface area contributed by atoms with Crippen molar-refractivity contribution in [3.8, 4) is 0 Å². The van der Waals surface area contributed by atoms with E-state index in [9.17, 15) is 21.6 Å². The second kappa shape index (κ2) is 6.23. The van der Waals surface area contributed by atoms with Gasteiger partial charge in [-0.3, -0.25) is 4.72 Å². The van der Waals surface area contributed by atoms with Crippen LogP contribution in [0.4, 0.5) is 5.69 Å². The number of carboxylic acids is 1. The van der Waals surface area contributed by atoms with Crippen LogP contribution in [0.1, 0.15) is 16.8 Å². The standard InChI is InChI=1S/C11H15NO6S2/c1-19(15,16)6-3-7-20(17,18)12-10-5-2-4-9(8-10)11(13)14/h2,4-5,8,12H,3,6-7H2,1H3,(H,13,14). The maximum atomic E-state index is 11.7. The Kier molecular flexibility index (Phi) is 5.12. The van der Waals surface area contributed by atoms with Crippen LogP contribution in [0.5, 0.6) is 0 Å². The number of sulfonamides is 1. The molecular weight excluding hydrogens is 306 g/mol. The second-order valence-electron chi connectivity index (χ2n) is 4.29. The number of rotatable bonds is 7. The summed E-state index contributed by atoms with van der Waals surface area (Å²) in [6.07, 6.45) is 1.01. The molecule has 0 saturated carbocycles. The Morgan fingerprint density at radius 1 is 1.20 bits per heavy atom. The van der Waals surface area contributed by atoms with Gasteiger partial charge in [0.05, 0.1) is 17.1 Å². The fraction of sp³-hybridized carbons (Fsp3) is 0.364. The van der Waals surface area contributed by atoms with Crippen LogP contribution in [-0.4, -0.2) is 45.7 Å². The maximum Gasteiger partial charge on any atom is 0.335 e. The molecule has 2 N–H and O–H groups in total. The highest BCUT2D eigenvalue weighted by molar-refractivity contribution is 7.93. The zero-order chi connectivity index (χ0) is 15.4. The average Bonchev–Trinajstić information content (AvgIpc) is 2.26. The van der Waals surface area contributed by atoms with E-state index >= 15 is 0 Å². The number of nitrogens with one attached hydrogen (secondary N) is 1. The quantitative estimate of drug-likeness (QED) is 0.757. The molecule has 1 aromatic carbocycles. The molecule has 7 nitrogen and oxygen atoms in total. The molecule has 0 aliphatic carbocycles. The third-order valence-electron chi connectivity index (χ3n) is 2.31. The van der Waals surface area contributed by atoms with Gasteiger partial charge < -0.3 is 5.11 Å². The summed E-state index contributed by atoms with van der Waals surface area (Å²) in [6.45, 7) is 0. The highest BCUT2D eigenvalue weighted by Gasteiger charge is 2.13. The Morgan fingerprint density at radius 2 is 1.85 bits per heavy atom. The van der Waals surface area contributed by atoms with Gasteiger partial charge in [-0.05, 0) is 24.6 Å². The minimum absolute atomic E-state index is 0.0210. The molecule has 0 fully saturated rings. The van der Waals surface area contributed by atoms with Gasteiger partial charge in [0.2, 0.25) is 10.0 Å². The number of hydrogen-bond donors (Lipinski definition) is 2. The Morgan fingerprint density at radius 3 is 2.40 bits per heavy atom. The molecular formula is C11H15NO6S2. The molecule has 9 heteroatoms. The first kappa shape index (κ1) is 16.4. The van der Waals surface area contributed by atoms with Crippen LogP contribution in [0.3, 0.4) is 0 Å². The summed E-state index contributed by atoms with van der Waals surface area (Å²) < 4.78 is 47.5. The largest absolute Gasteiger partial charge is 0.478 e. The van der Waals surface area contributed by atoms with Gasteiger partial charge in [0, 0.05) is 11.9 Å². The number of carboxylic acid groups (broad SMARTS) is 1. The predicted molar refractivity (Wildman–Crippen MR) is 75.1 cm³/mol. The van der Waals surface area contributed by atoms with E-state index in [1.807, 2.05) is 0 Å². The van der Waals surface area contributed by atoms with E-state index in [4.69, 9.17) is 5.11 Å². The van der Waals surface area contributed by atoms with Crippen molar-refractivity contribution in [1.29, 1.82) is 0 Å². The molecule has 0 saturated heterocycles. The summed E-state index contributed by atoms with van der Waals surface area (Å²) >= 11 is 0. The summed E-state index contributed by atoms with van der Waals surface area (Å²) in [5, 5.41) is 8.79. The minimum atomic E-state index is -3.71. The van der Waals surface area contributed by atoms with E-state index in [-0.39, 0.29) is 29.2 Å². The normalized spacial score (nSPS) is 12.1. The van der Waals surface area contributed by atoms with Crippen LogP contribution in [0.25, 0.3) is 0 Å². The molecule has 0 unspecified atom stereocenters. The van der Waals surface area contributed by atoms with Gasteiger partial charge in [0.15, 0.2) is 0 Å².